The highest BCUT2D eigenvalue weighted by molar-refractivity contribution is 7.98. The lowest BCUT2D eigenvalue weighted by molar-refractivity contribution is -0.404. The second kappa shape index (κ2) is 19.2. The van der Waals surface area contributed by atoms with E-state index in [4.69, 9.17) is 0 Å². The molecule has 0 spiro atoms. The molecule has 0 aliphatic rings. The fraction of sp³-hybridized carbons (Fsp3) is 0.667. The second-order valence-corrected chi connectivity index (χ2v) is 10.6. The predicted molar refractivity (Wildman–Crippen MR) is 135 cm³/mol. The number of rotatable bonds is 21. The maximum absolute atomic E-state index is 13.1. The van der Waals surface area contributed by atoms with Crippen molar-refractivity contribution in [2.45, 2.75) is 82.6 Å². The van der Waals surface area contributed by atoms with Crippen molar-refractivity contribution in [1.29, 1.82) is 0 Å². The Morgan fingerprint density at radius 2 is 1.10 bits per heavy atom. The van der Waals surface area contributed by atoms with Gasteiger partial charge >= 0.3 is 0 Å². The highest BCUT2D eigenvalue weighted by atomic mass is 32.2. The molecule has 0 radical (unpaired) electrons. The van der Waals surface area contributed by atoms with Crippen LogP contribution in [0.4, 0.5) is 0 Å². The molecule has 0 fully saturated rings. The van der Waals surface area contributed by atoms with Crippen molar-refractivity contribution in [3.05, 3.63) is 0 Å². The van der Waals surface area contributed by atoms with E-state index in [9.17, 15) is 58.8 Å². The Morgan fingerprint density at radius 3 is 1.50 bits per heavy atom. The first kappa shape index (κ1) is 38.1. The zero-order chi connectivity index (χ0) is 32.6. The van der Waals surface area contributed by atoms with Crippen LogP contribution in [0, 0.1) is 5.92 Å². The second-order valence-electron chi connectivity index (χ2n) is 9.61. The minimum absolute atomic E-state index is 0.346. The average molecular weight is 619 g/mol. The first-order chi connectivity index (χ1) is 19.5. The summed E-state index contributed by atoms with van der Waals surface area (Å²) in [4.78, 5) is 95.4. The number of hydrogen-bond donors (Lipinski definition) is 5. The van der Waals surface area contributed by atoms with Crippen LogP contribution in [0.15, 0.2) is 0 Å². The topological polar surface area (TPSA) is 305 Å². The number of quaternary nitrogens is 1. The lowest BCUT2D eigenvalue weighted by Crippen LogP contribution is -2.69. The van der Waals surface area contributed by atoms with E-state index < -0.39 is 116 Å². The van der Waals surface area contributed by atoms with Gasteiger partial charge in [0.2, 0.25) is 17.7 Å². The summed E-state index contributed by atoms with van der Waals surface area (Å²) in [5.41, 5.74) is 3.70. The van der Waals surface area contributed by atoms with E-state index in [0.29, 0.717) is 12.2 Å². The smallest absolute Gasteiger partial charge is 0.278 e. The molecule has 0 aliphatic carbocycles. The predicted octanol–water partition coefficient (Wildman–Crippen LogP) is -8.10. The summed E-state index contributed by atoms with van der Waals surface area (Å²) in [6.45, 7) is 2.90. The highest BCUT2D eigenvalue weighted by Crippen LogP contribution is 2.08. The molecule has 0 aromatic carbocycles. The Balaban J connectivity index is 5.91. The molecular formula is C24H36N5O12S-3. The van der Waals surface area contributed by atoms with Crippen molar-refractivity contribution in [3.63, 3.8) is 0 Å². The molecule has 238 valence electrons. The van der Waals surface area contributed by atoms with Crippen molar-refractivity contribution >= 4 is 59.3 Å². The number of nitrogens with one attached hydrogen (secondary N) is 4. The minimum atomic E-state index is -1.99. The van der Waals surface area contributed by atoms with Crippen LogP contribution in [0.2, 0.25) is 0 Å². The molecule has 0 unspecified atom stereocenters. The maximum atomic E-state index is 13.1. The van der Waals surface area contributed by atoms with Crippen LogP contribution >= 0.6 is 11.8 Å². The molecule has 0 saturated carbocycles. The van der Waals surface area contributed by atoms with Gasteiger partial charge < -0.3 is 66.6 Å². The fourth-order valence-corrected chi connectivity index (χ4v) is 3.95. The van der Waals surface area contributed by atoms with Crippen LogP contribution in [0.1, 0.15) is 52.4 Å². The van der Waals surface area contributed by atoms with E-state index in [1.165, 1.54) is 25.6 Å². The van der Waals surface area contributed by atoms with Gasteiger partial charge in [-0.25, -0.2) is 0 Å². The standard InChI is InChI=1S/C24H39N5O12S/c1-11(2)19(23(39)28-15(24(40)41)10-18(34)35)29-22(38)14(5-7-17(32)33)27-21(37)13(4-6-16(30)31)26-20(36)12(25)8-9-42-3/h11-15,19H,4-10,25H2,1-3H3,(H,26,36)(H,27,37)(H,28,39)(H,29,38)(H,30,31)(H,32,33)(H,34,35)(H,40,41)/p-3/t12-,13-,14-,15-,19-/m0/s1. The Hall–Kier alpha value is -3.93. The van der Waals surface area contributed by atoms with Crippen molar-refractivity contribution in [3.8, 4) is 0 Å². The maximum Gasteiger partial charge on any atom is 0.278 e. The molecule has 7 N–H and O–H groups in total. The Labute approximate surface area is 245 Å². The number of carbonyl (C=O) groups is 8. The summed E-state index contributed by atoms with van der Waals surface area (Å²) >= 11 is 1.45. The third-order valence-corrected chi connectivity index (χ3v) is 6.44. The Morgan fingerprint density at radius 1 is 0.643 bits per heavy atom. The highest BCUT2D eigenvalue weighted by Gasteiger charge is 2.32. The average Bonchev–Trinajstić information content (AvgIpc) is 2.88. The largest absolute Gasteiger partial charge is 0.550 e. The first-order valence-corrected chi connectivity index (χ1v) is 14.2. The van der Waals surface area contributed by atoms with Crippen molar-refractivity contribution in [1.82, 2.24) is 21.3 Å². The van der Waals surface area contributed by atoms with E-state index in [1.54, 1.807) is 6.26 Å². The summed E-state index contributed by atoms with van der Waals surface area (Å²) < 4.78 is 0. The third-order valence-electron chi connectivity index (χ3n) is 5.80. The number of carbonyl (C=O) groups excluding carboxylic acids is 8. The number of thioether (sulfide) groups is 1. The molecule has 42 heavy (non-hydrogen) atoms. The molecule has 0 heterocycles. The van der Waals surface area contributed by atoms with E-state index in [2.05, 4.69) is 21.7 Å². The van der Waals surface area contributed by atoms with E-state index in [1.807, 2.05) is 5.32 Å². The molecule has 0 aliphatic heterocycles. The van der Waals surface area contributed by atoms with E-state index in [0.717, 1.165) is 0 Å². The molecule has 0 aromatic rings. The van der Waals surface area contributed by atoms with Crippen LogP contribution in [-0.2, 0) is 38.4 Å². The molecule has 0 rings (SSSR count). The summed E-state index contributed by atoms with van der Waals surface area (Å²) in [5, 5.41) is 52.8. The van der Waals surface area contributed by atoms with Crippen molar-refractivity contribution < 1.29 is 64.5 Å². The van der Waals surface area contributed by atoms with Gasteiger partial charge in [-0.1, -0.05) is 13.8 Å². The van der Waals surface area contributed by atoms with Crippen LogP contribution in [-0.4, -0.2) is 89.7 Å². The zero-order valence-corrected chi connectivity index (χ0v) is 24.2. The van der Waals surface area contributed by atoms with Crippen LogP contribution in [0.3, 0.4) is 0 Å². The van der Waals surface area contributed by atoms with E-state index >= 15 is 0 Å². The summed E-state index contributed by atoms with van der Waals surface area (Å²) in [6, 6.07) is -7.39. The normalized spacial score (nSPS) is 14.4. The molecule has 0 bridgehead atoms. The minimum Gasteiger partial charge on any atom is -0.550 e. The quantitative estimate of drug-likeness (QED) is 0.0799. The van der Waals surface area contributed by atoms with Gasteiger partial charge in [-0.05, 0) is 43.6 Å². The van der Waals surface area contributed by atoms with Crippen molar-refractivity contribution in [2.75, 3.05) is 12.0 Å². The molecule has 17 nitrogen and oxygen atoms in total. The fourth-order valence-electron chi connectivity index (χ4n) is 3.43. The Bertz CT molecular complexity index is 1010. The van der Waals surface area contributed by atoms with Crippen LogP contribution in [0.25, 0.3) is 0 Å². The lowest BCUT2D eigenvalue weighted by atomic mass is 10.0. The van der Waals surface area contributed by atoms with Crippen LogP contribution < -0.4 is 47.4 Å². The molecule has 18 heteroatoms. The van der Waals surface area contributed by atoms with Gasteiger partial charge in [-0.3, -0.25) is 19.2 Å². The third kappa shape index (κ3) is 15.2. The number of aliphatic carboxylic acids is 4. The monoisotopic (exact) mass is 618 g/mol. The van der Waals surface area contributed by atoms with E-state index in [-0.39, 0.29) is 0 Å². The van der Waals surface area contributed by atoms with Gasteiger partial charge in [-0.15, -0.1) is 0 Å². The summed E-state index contributed by atoms with van der Waals surface area (Å²) in [7, 11) is 0. The van der Waals surface area contributed by atoms with Gasteiger partial charge in [0.05, 0.1) is 12.0 Å². The van der Waals surface area contributed by atoms with Gasteiger partial charge in [0.1, 0.15) is 18.1 Å². The zero-order valence-electron chi connectivity index (χ0n) is 23.4. The van der Waals surface area contributed by atoms with Gasteiger partial charge in [0.15, 0.2) is 6.04 Å². The molecule has 5 atom stereocenters. The summed E-state index contributed by atoms with van der Waals surface area (Å²) in [6.07, 6.45) is -1.35. The molecule has 0 saturated heterocycles. The first-order valence-electron chi connectivity index (χ1n) is 12.8. The number of carboxylic acid groups (broad SMARTS) is 4. The van der Waals surface area contributed by atoms with Crippen molar-refractivity contribution in [2.24, 2.45) is 5.92 Å². The number of carboxylic acids is 4. The van der Waals surface area contributed by atoms with Gasteiger partial charge in [0, 0.05) is 30.7 Å². The SMILES string of the molecule is CSCC[C@H]([NH3+])C(=O)N[C@@H](CCC(=O)[O-])C(=O)N[C@@H](CCC(=O)[O-])C(=O)N[C@H](C(=O)N[C@@H](CC(=O)[O-])C(=O)[O-])C(C)C. The summed E-state index contributed by atoms with van der Waals surface area (Å²) in [5.74, 6) is -10.9. The number of amides is 4. The molecule has 4 amide bonds. The van der Waals surface area contributed by atoms with Gasteiger partial charge in [-0.2, -0.15) is 11.8 Å². The number of hydrogen-bond acceptors (Lipinski definition) is 13. The van der Waals surface area contributed by atoms with Gasteiger partial charge in [0.25, 0.3) is 5.91 Å². The Kier molecular flexibility index (Phi) is 17.4. The van der Waals surface area contributed by atoms with Crippen LogP contribution in [0.5, 0.6) is 0 Å². The lowest BCUT2D eigenvalue weighted by Gasteiger charge is -2.29. The molecule has 0 aromatic heterocycles. The molecular weight excluding hydrogens is 582 g/mol.